The molecule has 3 N–H and O–H groups in total. The first-order valence-corrected chi connectivity index (χ1v) is 9.71. The minimum absolute atomic E-state index is 0.326. The number of hydrogen-bond donors (Lipinski definition) is 2. The van der Waals surface area contributed by atoms with E-state index in [1.165, 1.54) is 17.3 Å². The summed E-state index contributed by atoms with van der Waals surface area (Å²) in [6.45, 7) is 3.99. The van der Waals surface area contributed by atoms with Crippen molar-refractivity contribution >= 4 is 11.6 Å². The van der Waals surface area contributed by atoms with Crippen molar-refractivity contribution < 1.29 is 5.11 Å². The van der Waals surface area contributed by atoms with Crippen molar-refractivity contribution in [3.05, 3.63) is 53.5 Å². The number of aromatic nitrogens is 4. The van der Waals surface area contributed by atoms with E-state index in [0.717, 1.165) is 31.2 Å². The Labute approximate surface area is 164 Å². The maximum atomic E-state index is 11.9. The van der Waals surface area contributed by atoms with Crippen LogP contribution in [-0.4, -0.2) is 24.7 Å². The molecular weight excluding hydrogens is 350 g/mol. The second kappa shape index (κ2) is 6.92. The minimum atomic E-state index is -1.27. The molecule has 28 heavy (non-hydrogen) atoms. The van der Waals surface area contributed by atoms with Crippen LogP contribution >= 0.6 is 0 Å². The van der Waals surface area contributed by atoms with Crippen molar-refractivity contribution in [1.29, 1.82) is 0 Å². The van der Waals surface area contributed by atoms with E-state index in [1.54, 1.807) is 0 Å². The van der Waals surface area contributed by atoms with E-state index >= 15 is 0 Å². The molecule has 1 aliphatic rings. The molecule has 1 aromatic carbocycles. The van der Waals surface area contributed by atoms with Crippen LogP contribution in [0.2, 0.25) is 0 Å². The molecule has 0 amide bonds. The predicted molar refractivity (Wildman–Crippen MR) is 108 cm³/mol. The molecule has 4 rings (SSSR count). The monoisotopic (exact) mass is 375 g/mol. The van der Waals surface area contributed by atoms with Gasteiger partial charge in [-0.1, -0.05) is 68.4 Å². The average Bonchev–Trinajstić information content (AvgIpc) is 3.17. The minimum Gasteiger partial charge on any atom is -0.382 e. The smallest absolute Gasteiger partial charge is 0.254 e. The third-order valence-electron chi connectivity index (χ3n) is 6.03. The Kier molecular flexibility index (Phi) is 4.56. The first-order chi connectivity index (χ1) is 13.4. The number of anilines is 1. The van der Waals surface area contributed by atoms with Crippen LogP contribution < -0.4 is 5.73 Å². The zero-order valence-electron chi connectivity index (χ0n) is 16.3. The van der Waals surface area contributed by atoms with E-state index in [0.29, 0.717) is 22.9 Å². The number of rotatable bonds is 2. The van der Waals surface area contributed by atoms with Gasteiger partial charge in [-0.3, -0.25) is 0 Å². The fraction of sp³-hybridized carbons (Fsp3) is 0.409. The van der Waals surface area contributed by atoms with Gasteiger partial charge in [0.05, 0.1) is 11.3 Å². The number of aryl methyl sites for hydroxylation is 1. The number of fused-ring (bicyclic) bond motifs is 1. The quantitative estimate of drug-likeness (QED) is 0.671. The first-order valence-electron chi connectivity index (χ1n) is 9.71. The number of nitrogens with two attached hydrogens (primary N) is 1. The average molecular weight is 375 g/mol. The Morgan fingerprint density at radius 3 is 2.61 bits per heavy atom. The molecule has 0 radical (unpaired) electrons. The molecule has 0 aliphatic heterocycles. The number of nitrogen functional groups attached to an aromatic ring is 1. The van der Waals surface area contributed by atoms with Crippen molar-refractivity contribution in [2.75, 3.05) is 5.73 Å². The van der Waals surface area contributed by atoms with Crippen LogP contribution in [0, 0.1) is 24.2 Å². The van der Waals surface area contributed by atoms with Crippen LogP contribution in [0.5, 0.6) is 0 Å². The zero-order valence-corrected chi connectivity index (χ0v) is 16.3. The van der Waals surface area contributed by atoms with E-state index in [9.17, 15) is 5.11 Å². The van der Waals surface area contributed by atoms with Crippen LogP contribution in [-0.2, 0) is 5.60 Å². The van der Waals surface area contributed by atoms with Crippen LogP contribution in [0.15, 0.2) is 36.7 Å². The van der Waals surface area contributed by atoms with Crippen molar-refractivity contribution in [2.24, 2.45) is 5.41 Å². The Hall–Kier alpha value is -2.91. The third-order valence-corrected chi connectivity index (χ3v) is 6.03. The van der Waals surface area contributed by atoms with Gasteiger partial charge < -0.3 is 10.8 Å². The summed E-state index contributed by atoms with van der Waals surface area (Å²) in [4.78, 5) is 8.51. The first kappa shape index (κ1) is 18.5. The van der Waals surface area contributed by atoms with E-state index < -0.39 is 5.60 Å². The molecule has 6 heteroatoms. The van der Waals surface area contributed by atoms with E-state index in [4.69, 9.17) is 5.73 Å². The van der Waals surface area contributed by atoms with Gasteiger partial charge in [0.1, 0.15) is 12.1 Å². The molecule has 2 heterocycles. The summed E-state index contributed by atoms with van der Waals surface area (Å²) < 4.78 is 1.47. The second-order valence-electron chi connectivity index (χ2n) is 7.88. The molecule has 144 valence electrons. The van der Waals surface area contributed by atoms with E-state index in [2.05, 4.69) is 33.8 Å². The lowest BCUT2D eigenvalue weighted by molar-refractivity contribution is -0.0534. The predicted octanol–water partition coefficient (Wildman–Crippen LogP) is 3.22. The lowest BCUT2D eigenvalue weighted by Crippen LogP contribution is -2.44. The van der Waals surface area contributed by atoms with Gasteiger partial charge in [0.25, 0.3) is 5.78 Å². The van der Waals surface area contributed by atoms with Gasteiger partial charge in [0.15, 0.2) is 5.60 Å². The lowest BCUT2D eigenvalue weighted by Gasteiger charge is -2.44. The Bertz CT molecular complexity index is 1060. The topological polar surface area (TPSA) is 89.3 Å². The molecule has 1 fully saturated rings. The van der Waals surface area contributed by atoms with Gasteiger partial charge in [-0.2, -0.15) is 14.6 Å². The summed E-state index contributed by atoms with van der Waals surface area (Å²) in [6, 6.07) is 9.73. The van der Waals surface area contributed by atoms with Gasteiger partial charge >= 0.3 is 0 Å². The number of aliphatic hydroxyl groups is 1. The van der Waals surface area contributed by atoms with Gasteiger partial charge in [-0.05, 0) is 25.3 Å². The van der Waals surface area contributed by atoms with Crippen molar-refractivity contribution in [3.63, 3.8) is 0 Å². The molecule has 1 aliphatic carbocycles. The molecule has 1 unspecified atom stereocenters. The second-order valence-corrected chi connectivity index (χ2v) is 7.88. The van der Waals surface area contributed by atoms with Gasteiger partial charge in [-0.25, -0.2) is 4.98 Å². The highest BCUT2D eigenvalue weighted by Crippen LogP contribution is 2.49. The Morgan fingerprint density at radius 1 is 1.18 bits per heavy atom. The largest absolute Gasteiger partial charge is 0.382 e. The molecular formula is C22H25N5O. The summed E-state index contributed by atoms with van der Waals surface area (Å²) in [5, 5.41) is 16.0. The van der Waals surface area contributed by atoms with Crippen molar-refractivity contribution in [3.8, 4) is 11.8 Å². The highest BCUT2D eigenvalue weighted by atomic mass is 16.3. The van der Waals surface area contributed by atoms with Crippen LogP contribution in [0.1, 0.15) is 55.8 Å². The van der Waals surface area contributed by atoms with Gasteiger partial charge in [-0.15, -0.1) is 0 Å². The van der Waals surface area contributed by atoms with Crippen LogP contribution in [0.3, 0.4) is 0 Å². The fourth-order valence-corrected chi connectivity index (χ4v) is 4.23. The normalized spacial score (nSPS) is 18.2. The zero-order chi connectivity index (χ0) is 19.8. The molecule has 0 bridgehead atoms. The summed E-state index contributed by atoms with van der Waals surface area (Å²) in [7, 11) is 0. The summed E-state index contributed by atoms with van der Waals surface area (Å²) in [6.07, 6.45) is 6.68. The van der Waals surface area contributed by atoms with Gasteiger partial charge in [0.2, 0.25) is 0 Å². The van der Waals surface area contributed by atoms with Crippen molar-refractivity contribution in [1.82, 2.24) is 19.6 Å². The Balaban J connectivity index is 1.87. The molecule has 1 saturated carbocycles. The maximum Gasteiger partial charge on any atom is 0.254 e. The molecule has 2 aromatic heterocycles. The van der Waals surface area contributed by atoms with Crippen LogP contribution in [0.4, 0.5) is 5.82 Å². The standard InChI is InChI=1S/C22H25N5O/c1-16-18(19(23)27-20(26-16)24-15-25-27)11-14-22(28,17-9-5-3-6-10-17)21(2)12-7-4-8-13-21/h3,5-6,9-10,15,28H,4,7-8,12-13,23H2,1-2H3. The SMILES string of the molecule is Cc1nc2ncnn2c(N)c1C#CC(O)(c1ccccc1)C1(C)CCCCC1. The highest BCUT2D eigenvalue weighted by Gasteiger charge is 2.47. The number of hydrogen-bond acceptors (Lipinski definition) is 5. The third kappa shape index (κ3) is 2.92. The van der Waals surface area contributed by atoms with E-state index in [1.807, 2.05) is 37.3 Å². The van der Waals surface area contributed by atoms with Crippen molar-refractivity contribution in [2.45, 2.75) is 51.6 Å². The summed E-state index contributed by atoms with van der Waals surface area (Å²) >= 11 is 0. The Morgan fingerprint density at radius 2 is 1.89 bits per heavy atom. The fourth-order valence-electron chi connectivity index (χ4n) is 4.23. The number of benzene rings is 1. The molecule has 0 saturated heterocycles. The molecule has 1 atom stereocenters. The maximum absolute atomic E-state index is 11.9. The highest BCUT2D eigenvalue weighted by molar-refractivity contribution is 5.58. The van der Waals surface area contributed by atoms with Crippen LogP contribution in [0.25, 0.3) is 5.78 Å². The molecule has 0 spiro atoms. The molecule has 3 aromatic rings. The molecule has 6 nitrogen and oxygen atoms in total. The lowest BCUT2D eigenvalue weighted by atomic mass is 9.62. The van der Waals surface area contributed by atoms with Gasteiger partial charge in [0, 0.05) is 5.41 Å². The van der Waals surface area contributed by atoms with E-state index in [-0.39, 0.29) is 5.41 Å². The number of nitrogens with zero attached hydrogens (tertiary/aromatic N) is 4. The summed E-state index contributed by atoms with van der Waals surface area (Å²) in [5.74, 6) is 7.18. The summed E-state index contributed by atoms with van der Waals surface area (Å²) in [5.41, 5.74) is 6.75.